The topological polar surface area (TPSA) is 98.5 Å². The summed E-state index contributed by atoms with van der Waals surface area (Å²) >= 11 is 6.60. The Kier molecular flexibility index (Phi) is 11.4. The van der Waals surface area contributed by atoms with Gasteiger partial charge in [-0.2, -0.15) is 0 Å². The van der Waals surface area contributed by atoms with Gasteiger partial charge in [0.15, 0.2) is 5.82 Å². The number of aromatic nitrogens is 1. The molecule has 1 unspecified atom stereocenters. The van der Waals surface area contributed by atoms with Crippen molar-refractivity contribution in [3.63, 3.8) is 0 Å². The van der Waals surface area contributed by atoms with Gasteiger partial charge in [-0.1, -0.05) is 85.3 Å². The number of nitrogens with one attached hydrogen (secondary N) is 3. The molecular formula is C38H47ClN6O. The molecule has 0 spiro atoms. The van der Waals surface area contributed by atoms with Crippen LogP contribution in [0.5, 0.6) is 0 Å². The highest BCUT2D eigenvalue weighted by Crippen LogP contribution is 2.33. The number of benzene rings is 3. The lowest BCUT2D eigenvalue weighted by molar-refractivity contribution is 0.0913. The quantitative estimate of drug-likeness (QED) is 0.0665. The Balaban J connectivity index is 1.14. The number of aliphatic hydroxyl groups excluding tert-OH is 1. The Bertz CT molecular complexity index is 1620. The third-order valence-corrected chi connectivity index (χ3v) is 9.00. The number of hydrogen-bond acceptors (Lipinski definition) is 7. The molecule has 8 heteroatoms. The van der Waals surface area contributed by atoms with E-state index in [1.54, 1.807) is 6.07 Å². The van der Waals surface area contributed by atoms with Gasteiger partial charge in [-0.25, -0.2) is 4.98 Å². The number of anilines is 3. The van der Waals surface area contributed by atoms with Crippen molar-refractivity contribution in [2.24, 2.45) is 5.92 Å². The summed E-state index contributed by atoms with van der Waals surface area (Å²) in [6.45, 7) is 15.5. The van der Waals surface area contributed by atoms with Gasteiger partial charge in [0.05, 0.1) is 28.2 Å². The number of nitrogens with zero attached hydrogens (tertiary/aromatic N) is 2. The zero-order valence-corrected chi connectivity index (χ0v) is 28.0. The Morgan fingerprint density at radius 1 is 1.02 bits per heavy atom. The van der Waals surface area contributed by atoms with E-state index in [1.807, 2.05) is 38.1 Å². The van der Waals surface area contributed by atoms with Crippen LogP contribution < -0.4 is 21.9 Å². The maximum atomic E-state index is 9.67. The van der Waals surface area contributed by atoms with Gasteiger partial charge in [0, 0.05) is 31.7 Å². The highest BCUT2D eigenvalue weighted by atomic mass is 35.5. The minimum absolute atomic E-state index is 0.154. The summed E-state index contributed by atoms with van der Waals surface area (Å²) in [5.41, 5.74) is 22.4. The first kappa shape index (κ1) is 33.5. The zero-order valence-electron chi connectivity index (χ0n) is 27.2. The molecule has 46 heavy (non-hydrogen) atoms. The minimum Gasteiger partial charge on any atom is -0.396 e. The van der Waals surface area contributed by atoms with Crippen LogP contribution in [-0.4, -0.2) is 47.3 Å². The number of pyridine rings is 1. The first-order valence-electron chi connectivity index (χ1n) is 16.3. The van der Waals surface area contributed by atoms with Gasteiger partial charge in [0.2, 0.25) is 0 Å². The molecule has 1 aromatic heterocycles. The van der Waals surface area contributed by atoms with Crippen LogP contribution in [0, 0.1) is 12.8 Å². The molecule has 0 saturated carbocycles. The highest BCUT2D eigenvalue weighted by molar-refractivity contribution is 6.33. The monoisotopic (exact) mass is 638 g/mol. The standard InChI is InChI=1S/C38H47ClN6O/c1-5-33(46)7-6-18-41-21-28-23-45(24-28)22-27-9-11-29(12-10-27)30-13-15-31(16-14-30)37-35(39)20-36(40)38(42-37)44-43-32-17-8-26(4)34(19-32)25(2)3/h8-17,19-20,28,33,41,43,46H,2,5-7,18,21-24,40H2,1,3-4H3,(H,42,44). The number of hydrazine groups is 1. The van der Waals surface area contributed by atoms with Gasteiger partial charge in [0.1, 0.15) is 0 Å². The molecule has 5 rings (SSSR count). The molecule has 3 aromatic carbocycles. The van der Waals surface area contributed by atoms with Crippen LogP contribution in [0.2, 0.25) is 5.02 Å². The average molecular weight is 639 g/mol. The summed E-state index contributed by atoms with van der Waals surface area (Å²) in [5.74, 6) is 1.22. The van der Waals surface area contributed by atoms with E-state index in [2.05, 4.69) is 77.0 Å². The third-order valence-electron chi connectivity index (χ3n) is 8.71. The molecule has 242 valence electrons. The first-order chi connectivity index (χ1) is 22.2. The summed E-state index contributed by atoms with van der Waals surface area (Å²) in [5, 5.41) is 13.7. The van der Waals surface area contributed by atoms with Crippen LogP contribution >= 0.6 is 11.6 Å². The van der Waals surface area contributed by atoms with Crippen molar-refractivity contribution in [1.29, 1.82) is 0 Å². The maximum absolute atomic E-state index is 9.67. The molecule has 1 aliphatic rings. The van der Waals surface area contributed by atoms with E-state index in [9.17, 15) is 5.11 Å². The van der Waals surface area contributed by atoms with Crippen molar-refractivity contribution >= 4 is 34.4 Å². The van der Waals surface area contributed by atoms with E-state index in [-0.39, 0.29) is 6.10 Å². The summed E-state index contributed by atoms with van der Waals surface area (Å²) in [4.78, 5) is 7.26. The largest absolute Gasteiger partial charge is 0.396 e. The van der Waals surface area contributed by atoms with E-state index >= 15 is 0 Å². The molecule has 0 aliphatic carbocycles. The van der Waals surface area contributed by atoms with Gasteiger partial charge in [0.25, 0.3) is 0 Å². The predicted molar refractivity (Wildman–Crippen MR) is 195 cm³/mol. The number of aryl methyl sites for hydroxylation is 1. The number of nitrogens with two attached hydrogens (primary N) is 1. The number of nitrogen functional groups attached to an aromatic ring is 1. The van der Waals surface area contributed by atoms with Crippen LogP contribution in [-0.2, 0) is 6.54 Å². The molecule has 2 heterocycles. The molecule has 0 amide bonds. The first-order valence-corrected chi connectivity index (χ1v) is 16.6. The molecule has 4 aromatic rings. The zero-order chi connectivity index (χ0) is 32.6. The van der Waals surface area contributed by atoms with E-state index in [0.29, 0.717) is 28.1 Å². The Hall–Kier alpha value is -3.88. The van der Waals surface area contributed by atoms with Crippen LogP contribution in [0.1, 0.15) is 49.8 Å². The van der Waals surface area contributed by atoms with Crippen LogP contribution in [0.3, 0.4) is 0 Å². The third kappa shape index (κ3) is 8.68. The lowest BCUT2D eigenvalue weighted by Gasteiger charge is -2.39. The number of likely N-dealkylation sites (tertiary alicyclic amines) is 1. The Morgan fingerprint density at radius 2 is 1.70 bits per heavy atom. The predicted octanol–water partition coefficient (Wildman–Crippen LogP) is 8.00. The maximum Gasteiger partial charge on any atom is 0.168 e. The summed E-state index contributed by atoms with van der Waals surface area (Å²) in [6.07, 6.45) is 2.61. The number of allylic oxidation sites excluding steroid dienone is 1. The molecular weight excluding hydrogens is 592 g/mol. The van der Waals surface area contributed by atoms with Gasteiger partial charge < -0.3 is 16.2 Å². The molecule has 0 bridgehead atoms. The van der Waals surface area contributed by atoms with Gasteiger partial charge in [-0.3, -0.25) is 15.8 Å². The minimum atomic E-state index is -0.154. The lowest BCUT2D eigenvalue weighted by Crippen LogP contribution is -2.50. The molecule has 1 fully saturated rings. The van der Waals surface area contributed by atoms with Crippen molar-refractivity contribution in [2.75, 3.05) is 42.8 Å². The lowest BCUT2D eigenvalue weighted by atomic mass is 9.98. The van der Waals surface area contributed by atoms with Crippen molar-refractivity contribution in [3.8, 4) is 22.4 Å². The van der Waals surface area contributed by atoms with Crippen molar-refractivity contribution in [1.82, 2.24) is 15.2 Å². The highest BCUT2D eigenvalue weighted by Gasteiger charge is 2.26. The fourth-order valence-corrected chi connectivity index (χ4v) is 6.15. The van der Waals surface area contributed by atoms with Crippen LogP contribution in [0.15, 0.2) is 79.4 Å². The SMILES string of the molecule is C=C(C)c1cc(NNc2nc(-c3ccc(-c4ccc(CN5CC(CNCCCC(O)CC)C5)cc4)cc3)c(Cl)cc2N)ccc1C. The summed E-state index contributed by atoms with van der Waals surface area (Å²) in [6, 6.07) is 25.0. The fourth-order valence-electron chi connectivity index (χ4n) is 5.89. The number of halogens is 1. The molecule has 1 atom stereocenters. The van der Waals surface area contributed by atoms with Crippen molar-refractivity contribution in [2.45, 2.75) is 52.7 Å². The number of aliphatic hydroxyl groups is 1. The van der Waals surface area contributed by atoms with Crippen LogP contribution in [0.4, 0.5) is 17.2 Å². The smallest absolute Gasteiger partial charge is 0.168 e. The van der Waals surface area contributed by atoms with Crippen molar-refractivity contribution < 1.29 is 5.11 Å². The second kappa shape index (κ2) is 15.6. The second-order valence-corrected chi connectivity index (χ2v) is 13.0. The normalized spacial score (nSPS) is 14.1. The fraction of sp³-hybridized carbons (Fsp3) is 0.342. The van der Waals surface area contributed by atoms with E-state index in [4.69, 9.17) is 22.3 Å². The summed E-state index contributed by atoms with van der Waals surface area (Å²) < 4.78 is 0. The van der Waals surface area contributed by atoms with Crippen LogP contribution in [0.25, 0.3) is 28.0 Å². The van der Waals surface area contributed by atoms with Gasteiger partial charge >= 0.3 is 0 Å². The van der Waals surface area contributed by atoms with E-state index < -0.39 is 0 Å². The van der Waals surface area contributed by atoms with E-state index in [0.717, 1.165) is 79.9 Å². The van der Waals surface area contributed by atoms with Crippen molar-refractivity contribution in [3.05, 3.63) is 101 Å². The van der Waals surface area contributed by atoms with Gasteiger partial charge in [-0.05, 0) is 91.6 Å². The Labute approximate surface area is 278 Å². The molecule has 6 N–H and O–H groups in total. The van der Waals surface area contributed by atoms with E-state index in [1.165, 1.54) is 16.7 Å². The Morgan fingerprint density at radius 3 is 2.37 bits per heavy atom. The number of hydrogen-bond donors (Lipinski definition) is 5. The molecule has 7 nitrogen and oxygen atoms in total. The average Bonchev–Trinajstić information content (AvgIpc) is 3.03. The molecule has 1 saturated heterocycles. The number of rotatable bonds is 15. The second-order valence-electron chi connectivity index (χ2n) is 12.6. The molecule has 0 radical (unpaired) electrons. The molecule has 1 aliphatic heterocycles. The summed E-state index contributed by atoms with van der Waals surface area (Å²) in [7, 11) is 0. The van der Waals surface area contributed by atoms with Gasteiger partial charge in [-0.15, -0.1) is 0 Å².